The number of aryl methyl sites for hydroxylation is 2. The molecule has 116 valence electrons. The summed E-state index contributed by atoms with van der Waals surface area (Å²) in [6, 6.07) is 0. The first-order chi connectivity index (χ1) is 9.34. The summed E-state index contributed by atoms with van der Waals surface area (Å²) in [7, 11) is 3.62. The van der Waals surface area contributed by atoms with Gasteiger partial charge in [0, 0.05) is 20.1 Å². The van der Waals surface area contributed by atoms with Gasteiger partial charge in [0.15, 0.2) is 0 Å². The van der Waals surface area contributed by atoms with Gasteiger partial charge in [-0.05, 0) is 31.8 Å². The smallest absolute Gasteiger partial charge is 0.216 e. The summed E-state index contributed by atoms with van der Waals surface area (Å²) in [6.45, 7) is 12.3. The fourth-order valence-corrected chi connectivity index (χ4v) is 2.54. The predicted molar refractivity (Wildman–Crippen MR) is 82.9 cm³/mol. The maximum atomic E-state index is 5.87. The molecule has 0 aliphatic rings. The van der Waals surface area contributed by atoms with Crippen LogP contribution in [0.15, 0.2) is 0 Å². The van der Waals surface area contributed by atoms with Gasteiger partial charge >= 0.3 is 0 Å². The fourth-order valence-electron chi connectivity index (χ4n) is 2.54. The Morgan fingerprint density at radius 1 is 1.40 bits per heavy atom. The van der Waals surface area contributed by atoms with Crippen molar-refractivity contribution in [3.05, 3.63) is 11.3 Å². The maximum Gasteiger partial charge on any atom is 0.216 e. The maximum absolute atomic E-state index is 5.87. The van der Waals surface area contributed by atoms with Gasteiger partial charge < -0.3 is 10.5 Å². The van der Waals surface area contributed by atoms with Gasteiger partial charge in [0.05, 0.1) is 18.4 Å². The summed E-state index contributed by atoms with van der Waals surface area (Å²) in [4.78, 5) is 2.44. The summed E-state index contributed by atoms with van der Waals surface area (Å²) >= 11 is 0. The SMILES string of the molecule is CCCN(Cc1c(C)nn(C)c1OC)CC(C)(C)CN. The monoisotopic (exact) mass is 282 g/mol. The molecule has 0 aliphatic carbocycles. The van der Waals surface area contributed by atoms with Crippen LogP contribution in [-0.4, -0.2) is 41.4 Å². The van der Waals surface area contributed by atoms with Crippen LogP contribution in [0.3, 0.4) is 0 Å². The average molecular weight is 282 g/mol. The van der Waals surface area contributed by atoms with E-state index in [0.717, 1.165) is 37.6 Å². The van der Waals surface area contributed by atoms with Crippen LogP contribution in [0, 0.1) is 12.3 Å². The minimum absolute atomic E-state index is 0.124. The van der Waals surface area contributed by atoms with Gasteiger partial charge in [0.1, 0.15) is 0 Å². The molecule has 0 fully saturated rings. The molecule has 2 N–H and O–H groups in total. The Balaban J connectivity index is 2.90. The first-order valence-corrected chi connectivity index (χ1v) is 7.33. The second-order valence-corrected chi connectivity index (χ2v) is 6.28. The van der Waals surface area contributed by atoms with Crippen molar-refractivity contribution in [2.45, 2.75) is 40.7 Å². The number of ether oxygens (including phenoxy) is 1. The summed E-state index contributed by atoms with van der Waals surface area (Å²) in [6.07, 6.45) is 1.13. The zero-order valence-corrected chi connectivity index (χ0v) is 13.9. The molecule has 0 saturated carbocycles. The Kier molecular flexibility index (Phi) is 6.02. The first-order valence-electron chi connectivity index (χ1n) is 7.33. The van der Waals surface area contributed by atoms with Crippen LogP contribution in [0.2, 0.25) is 0 Å². The molecule has 0 unspecified atom stereocenters. The lowest BCUT2D eigenvalue weighted by atomic mass is 9.93. The summed E-state index contributed by atoms with van der Waals surface area (Å²) < 4.78 is 7.29. The fraction of sp³-hybridized carbons (Fsp3) is 0.800. The Hall–Kier alpha value is -1.07. The highest BCUT2D eigenvalue weighted by Gasteiger charge is 2.23. The molecule has 0 saturated heterocycles. The van der Waals surface area contributed by atoms with E-state index in [-0.39, 0.29) is 5.41 Å². The van der Waals surface area contributed by atoms with E-state index in [1.165, 1.54) is 5.56 Å². The molecule has 5 heteroatoms. The van der Waals surface area contributed by atoms with Crippen molar-refractivity contribution < 1.29 is 4.74 Å². The highest BCUT2D eigenvalue weighted by molar-refractivity contribution is 5.30. The molecule has 0 bridgehead atoms. The highest BCUT2D eigenvalue weighted by Crippen LogP contribution is 2.24. The summed E-state index contributed by atoms with van der Waals surface area (Å²) in [5.74, 6) is 0.856. The van der Waals surface area contributed by atoms with Crippen LogP contribution in [0.4, 0.5) is 0 Å². The number of hydrogen-bond donors (Lipinski definition) is 1. The van der Waals surface area contributed by atoms with E-state index in [2.05, 4.69) is 30.8 Å². The lowest BCUT2D eigenvalue weighted by molar-refractivity contribution is 0.174. The lowest BCUT2D eigenvalue weighted by Gasteiger charge is -2.31. The summed E-state index contributed by atoms with van der Waals surface area (Å²) in [5, 5.41) is 4.45. The molecule has 0 aliphatic heterocycles. The van der Waals surface area contributed by atoms with Crippen molar-refractivity contribution in [3.8, 4) is 5.88 Å². The minimum atomic E-state index is 0.124. The third kappa shape index (κ3) is 4.21. The first kappa shape index (κ1) is 17.0. The van der Waals surface area contributed by atoms with Crippen molar-refractivity contribution in [2.24, 2.45) is 18.2 Å². The molecular formula is C15H30N4O. The molecular weight excluding hydrogens is 252 g/mol. The van der Waals surface area contributed by atoms with E-state index in [9.17, 15) is 0 Å². The van der Waals surface area contributed by atoms with E-state index in [4.69, 9.17) is 10.5 Å². The van der Waals surface area contributed by atoms with E-state index < -0.39 is 0 Å². The van der Waals surface area contributed by atoms with Gasteiger partial charge in [-0.3, -0.25) is 4.90 Å². The highest BCUT2D eigenvalue weighted by atomic mass is 16.5. The van der Waals surface area contributed by atoms with Crippen molar-refractivity contribution >= 4 is 0 Å². The number of methoxy groups -OCH3 is 1. The van der Waals surface area contributed by atoms with Crippen molar-refractivity contribution in [1.82, 2.24) is 14.7 Å². The largest absolute Gasteiger partial charge is 0.481 e. The average Bonchev–Trinajstić information content (AvgIpc) is 2.63. The van der Waals surface area contributed by atoms with Crippen LogP contribution in [0.5, 0.6) is 5.88 Å². The zero-order valence-electron chi connectivity index (χ0n) is 13.9. The van der Waals surface area contributed by atoms with Crippen LogP contribution < -0.4 is 10.5 Å². The number of nitrogens with two attached hydrogens (primary N) is 1. The van der Waals surface area contributed by atoms with Crippen molar-refractivity contribution in [2.75, 3.05) is 26.7 Å². The van der Waals surface area contributed by atoms with Crippen molar-refractivity contribution in [3.63, 3.8) is 0 Å². The molecule has 1 rings (SSSR count). The molecule has 20 heavy (non-hydrogen) atoms. The standard InChI is InChI=1S/C15H30N4O/c1-7-8-19(11-15(3,4)10-16)9-13-12(2)17-18(5)14(13)20-6/h7-11,16H2,1-6H3. The van der Waals surface area contributed by atoms with E-state index >= 15 is 0 Å². The third-order valence-electron chi connectivity index (χ3n) is 3.61. The molecule has 0 amide bonds. The van der Waals surface area contributed by atoms with Gasteiger partial charge in [-0.1, -0.05) is 20.8 Å². The molecule has 0 aromatic carbocycles. The third-order valence-corrected chi connectivity index (χ3v) is 3.61. The van der Waals surface area contributed by atoms with Gasteiger partial charge in [-0.15, -0.1) is 0 Å². The molecule has 5 nitrogen and oxygen atoms in total. The van der Waals surface area contributed by atoms with Crippen LogP contribution >= 0.6 is 0 Å². The molecule has 0 spiro atoms. The normalized spacial score (nSPS) is 12.2. The van der Waals surface area contributed by atoms with Crippen LogP contribution in [0.25, 0.3) is 0 Å². The van der Waals surface area contributed by atoms with Gasteiger partial charge in [-0.25, -0.2) is 4.68 Å². The van der Waals surface area contributed by atoms with Crippen LogP contribution in [-0.2, 0) is 13.6 Å². The van der Waals surface area contributed by atoms with E-state index in [0.29, 0.717) is 6.54 Å². The molecule has 0 radical (unpaired) electrons. The van der Waals surface area contributed by atoms with E-state index in [1.54, 1.807) is 7.11 Å². The lowest BCUT2D eigenvalue weighted by Crippen LogP contribution is -2.39. The molecule has 1 aromatic rings. The predicted octanol–water partition coefficient (Wildman–Crippen LogP) is 1.93. The Morgan fingerprint density at radius 2 is 2.05 bits per heavy atom. The topological polar surface area (TPSA) is 56.3 Å². The molecule has 0 atom stereocenters. The second kappa shape index (κ2) is 7.09. The number of aromatic nitrogens is 2. The second-order valence-electron chi connectivity index (χ2n) is 6.28. The number of rotatable bonds is 8. The quantitative estimate of drug-likeness (QED) is 0.791. The van der Waals surface area contributed by atoms with Crippen LogP contribution in [0.1, 0.15) is 38.4 Å². The number of hydrogen-bond acceptors (Lipinski definition) is 4. The van der Waals surface area contributed by atoms with Gasteiger partial charge in [0.25, 0.3) is 0 Å². The van der Waals surface area contributed by atoms with Gasteiger partial charge in [-0.2, -0.15) is 5.10 Å². The summed E-state index contributed by atoms with van der Waals surface area (Å²) in [5.41, 5.74) is 8.21. The van der Waals surface area contributed by atoms with Crippen molar-refractivity contribution in [1.29, 1.82) is 0 Å². The number of nitrogens with zero attached hydrogens (tertiary/aromatic N) is 3. The molecule has 1 heterocycles. The van der Waals surface area contributed by atoms with E-state index in [1.807, 2.05) is 18.7 Å². The Morgan fingerprint density at radius 3 is 2.55 bits per heavy atom. The molecule has 1 aromatic heterocycles. The zero-order chi connectivity index (χ0) is 15.3. The Labute approximate surface area is 123 Å². The van der Waals surface area contributed by atoms with Gasteiger partial charge in [0.2, 0.25) is 5.88 Å². The minimum Gasteiger partial charge on any atom is -0.481 e. The Bertz CT molecular complexity index is 426.